The van der Waals surface area contributed by atoms with Gasteiger partial charge in [-0.1, -0.05) is 29.4 Å². The molecule has 3 aromatic rings. The van der Waals surface area contributed by atoms with Crippen molar-refractivity contribution in [1.29, 1.82) is 0 Å². The molecule has 134 valence electrons. The lowest BCUT2D eigenvalue weighted by atomic mass is 9.76. The Hall–Kier alpha value is -2.31. The van der Waals surface area contributed by atoms with Gasteiger partial charge < -0.3 is 9.26 Å². The predicted molar refractivity (Wildman–Crippen MR) is 96.7 cm³/mol. The molecule has 0 saturated carbocycles. The number of pyridine rings is 1. The highest BCUT2D eigenvalue weighted by Gasteiger charge is 2.52. The van der Waals surface area contributed by atoms with Crippen LogP contribution in [0.1, 0.15) is 30.3 Å². The van der Waals surface area contributed by atoms with Gasteiger partial charge in [-0.2, -0.15) is 4.98 Å². The van der Waals surface area contributed by atoms with E-state index < -0.39 is 0 Å². The Labute approximate surface area is 152 Å². The number of hydrogen-bond donors (Lipinski definition) is 0. The fourth-order valence-electron chi connectivity index (χ4n) is 4.39. The molecule has 6 nitrogen and oxygen atoms in total. The summed E-state index contributed by atoms with van der Waals surface area (Å²) in [7, 11) is 0. The molecule has 0 aliphatic carbocycles. The lowest BCUT2D eigenvalue weighted by Crippen LogP contribution is -2.52. The first-order chi connectivity index (χ1) is 12.7. The molecule has 1 aromatic carbocycles. The van der Waals surface area contributed by atoms with Crippen LogP contribution in [-0.4, -0.2) is 45.8 Å². The highest BCUT2D eigenvalue weighted by Crippen LogP contribution is 2.43. The fraction of sp³-hybridized carbons (Fsp3) is 0.450. The molecule has 0 radical (unpaired) electrons. The molecule has 2 aliphatic heterocycles. The maximum absolute atomic E-state index is 6.01. The zero-order valence-corrected chi connectivity index (χ0v) is 14.9. The van der Waals surface area contributed by atoms with E-state index in [4.69, 9.17) is 14.2 Å². The van der Waals surface area contributed by atoms with Crippen LogP contribution in [0.15, 0.2) is 40.9 Å². The van der Waals surface area contributed by atoms with E-state index in [1.54, 1.807) is 0 Å². The van der Waals surface area contributed by atoms with Crippen molar-refractivity contribution in [3.63, 3.8) is 0 Å². The van der Waals surface area contributed by atoms with Crippen molar-refractivity contribution in [3.8, 4) is 0 Å². The van der Waals surface area contributed by atoms with Gasteiger partial charge in [0, 0.05) is 31.6 Å². The molecule has 0 unspecified atom stereocenters. The molecule has 26 heavy (non-hydrogen) atoms. The smallest absolute Gasteiger partial charge is 0.236 e. The number of fused-ring (bicyclic) bond motifs is 2. The van der Waals surface area contributed by atoms with Crippen LogP contribution in [0.4, 0.5) is 0 Å². The number of aromatic nitrogens is 3. The molecule has 0 spiro atoms. The molecule has 6 heteroatoms. The number of hydrogen-bond acceptors (Lipinski definition) is 6. The summed E-state index contributed by atoms with van der Waals surface area (Å²) in [6.45, 7) is 5.32. The van der Waals surface area contributed by atoms with Gasteiger partial charge in [-0.3, -0.25) is 9.88 Å². The maximum Gasteiger partial charge on any atom is 0.236 e. The standard InChI is InChI=1S/C20H22N4O2/c1-14-21-19(26-23-14)20-9-11-25-18(20)8-10-24(13-20)12-16-7-6-15-4-2-3-5-17(15)22-16/h2-7,18H,8-13H2,1H3/t18-,20-/m1/s1. The van der Waals surface area contributed by atoms with E-state index in [2.05, 4.69) is 39.3 Å². The van der Waals surface area contributed by atoms with Crippen molar-refractivity contribution in [2.45, 2.75) is 37.8 Å². The Balaban J connectivity index is 1.41. The minimum Gasteiger partial charge on any atom is -0.377 e. The lowest BCUT2D eigenvalue weighted by molar-refractivity contribution is 0.00382. The number of para-hydroxylation sites is 1. The van der Waals surface area contributed by atoms with Crippen LogP contribution in [0.5, 0.6) is 0 Å². The molecular weight excluding hydrogens is 328 g/mol. The normalized spacial score (nSPS) is 26.3. The molecule has 0 bridgehead atoms. The van der Waals surface area contributed by atoms with Gasteiger partial charge >= 0.3 is 0 Å². The minimum absolute atomic E-state index is 0.170. The van der Waals surface area contributed by atoms with Crippen LogP contribution in [0.25, 0.3) is 10.9 Å². The van der Waals surface area contributed by atoms with Crippen LogP contribution in [0.3, 0.4) is 0 Å². The molecule has 4 heterocycles. The Kier molecular flexibility index (Phi) is 3.76. The highest BCUT2D eigenvalue weighted by atomic mass is 16.5. The average molecular weight is 350 g/mol. The van der Waals surface area contributed by atoms with Crippen LogP contribution < -0.4 is 0 Å². The van der Waals surface area contributed by atoms with Gasteiger partial charge in [0.25, 0.3) is 0 Å². The van der Waals surface area contributed by atoms with E-state index in [0.717, 1.165) is 56.2 Å². The van der Waals surface area contributed by atoms with Gasteiger partial charge in [0.15, 0.2) is 5.82 Å². The number of nitrogens with zero attached hydrogens (tertiary/aromatic N) is 4. The number of likely N-dealkylation sites (tertiary alicyclic amines) is 1. The first-order valence-electron chi connectivity index (χ1n) is 9.22. The van der Waals surface area contributed by atoms with Gasteiger partial charge in [0.2, 0.25) is 5.89 Å². The summed E-state index contributed by atoms with van der Waals surface area (Å²) in [6, 6.07) is 12.5. The third kappa shape index (κ3) is 2.61. The summed E-state index contributed by atoms with van der Waals surface area (Å²) in [5.41, 5.74) is 1.96. The monoisotopic (exact) mass is 350 g/mol. The van der Waals surface area contributed by atoms with E-state index in [9.17, 15) is 0 Å². The zero-order chi connectivity index (χ0) is 17.6. The van der Waals surface area contributed by atoms with Crippen molar-refractivity contribution in [1.82, 2.24) is 20.0 Å². The first kappa shape index (κ1) is 15.9. The van der Waals surface area contributed by atoms with Gasteiger partial charge in [-0.05, 0) is 31.9 Å². The Morgan fingerprint density at radius 3 is 3.00 bits per heavy atom. The molecule has 2 fully saturated rings. The highest BCUT2D eigenvalue weighted by molar-refractivity contribution is 5.78. The molecular formula is C20H22N4O2. The quantitative estimate of drug-likeness (QED) is 0.724. The predicted octanol–water partition coefficient (Wildman–Crippen LogP) is 2.86. The second kappa shape index (κ2) is 6.14. The molecule has 5 rings (SSSR count). The fourth-order valence-corrected chi connectivity index (χ4v) is 4.39. The maximum atomic E-state index is 6.01. The topological polar surface area (TPSA) is 64.3 Å². The van der Waals surface area contributed by atoms with E-state index in [1.807, 2.05) is 19.1 Å². The van der Waals surface area contributed by atoms with Crippen molar-refractivity contribution in [2.24, 2.45) is 0 Å². The number of aryl methyl sites for hydroxylation is 1. The summed E-state index contributed by atoms with van der Waals surface area (Å²) in [4.78, 5) is 11.8. The number of benzene rings is 1. The number of piperidine rings is 1. The molecule has 0 N–H and O–H groups in total. The van der Waals surface area contributed by atoms with Gasteiger partial charge in [-0.25, -0.2) is 0 Å². The minimum atomic E-state index is -0.184. The summed E-state index contributed by atoms with van der Waals surface area (Å²) < 4.78 is 11.6. The van der Waals surface area contributed by atoms with Gasteiger partial charge in [0.05, 0.1) is 22.7 Å². The van der Waals surface area contributed by atoms with Crippen molar-refractivity contribution < 1.29 is 9.26 Å². The average Bonchev–Trinajstić information content (AvgIpc) is 3.28. The largest absolute Gasteiger partial charge is 0.377 e. The van der Waals surface area contributed by atoms with E-state index in [-0.39, 0.29) is 11.5 Å². The van der Waals surface area contributed by atoms with Crippen molar-refractivity contribution >= 4 is 10.9 Å². The summed E-state index contributed by atoms with van der Waals surface area (Å²) >= 11 is 0. The summed E-state index contributed by atoms with van der Waals surface area (Å²) in [6.07, 6.45) is 2.08. The Morgan fingerprint density at radius 2 is 2.12 bits per heavy atom. The van der Waals surface area contributed by atoms with Crippen LogP contribution >= 0.6 is 0 Å². The van der Waals surface area contributed by atoms with Crippen molar-refractivity contribution in [2.75, 3.05) is 19.7 Å². The summed E-state index contributed by atoms with van der Waals surface area (Å²) in [5, 5.41) is 5.20. The van der Waals surface area contributed by atoms with Crippen LogP contribution in [0, 0.1) is 6.92 Å². The summed E-state index contributed by atoms with van der Waals surface area (Å²) in [5.74, 6) is 1.42. The lowest BCUT2D eigenvalue weighted by Gasteiger charge is -2.41. The van der Waals surface area contributed by atoms with Crippen LogP contribution in [-0.2, 0) is 16.7 Å². The number of rotatable bonds is 3. The molecule has 2 atom stereocenters. The van der Waals surface area contributed by atoms with Gasteiger partial charge in [-0.15, -0.1) is 0 Å². The third-order valence-corrected chi connectivity index (χ3v) is 5.69. The Morgan fingerprint density at radius 1 is 1.19 bits per heavy atom. The molecule has 0 amide bonds. The molecule has 2 aromatic heterocycles. The number of ether oxygens (including phenoxy) is 1. The second-order valence-electron chi connectivity index (χ2n) is 7.41. The van der Waals surface area contributed by atoms with Crippen molar-refractivity contribution in [3.05, 3.63) is 53.8 Å². The van der Waals surface area contributed by atoms with E-state index >= 15 is 0 Å². The van der Waals surface area contributed by atoms with Gasteiger partial charge in [0.1, 0.15) is 0 Å². The Bertz CT molecular complexity index is 940. The SMILES string of the molecule is Cc1noc([C@@]23CCO[C@@H]2CCN(Cc2ccc4ccccc4n2)C3)n1. The van der Waals surface area contributed by atoms with Crippen LogP contribution in [0.2, 0.25) is 0 Å². The zero-order valence-electron chi connectivity index (χ0n) is 14.9. The molecule has 2 saturated heterocycles. The third-order valence-electron chi connectivity index (χ3n) is 5.69. The van der Waals surface area contributed by atoms with E-state index in [1.165, 1.54) is 5.39 Å². The second-order valence-corrected chi connectivity index (χ2v) is 7.41. The first-order valence-corrected chi connectivity index (χ1v) is 9.22. The van der Waals surface area contributed by atoms with E-state index in [0.29, 0.717) is 5.82 Å². The molecule has 2 aliphatic rings.